The summed E-state index contributed by atoms with van der Waals surface area (Å²) in [5, 5.41) is 1.28. The summed E-state index contributed by atoms with van der Waals surface area (Å²) in [5.74, 6) is 2.33. The van der Waals surface area contributed by atoms with Crippen LogP contribution in [0.5, 0.6) is 11.5 Å². The molecule has 0 spiro atoms. The Labute approximate surface area is 166 Å². The molecule has 27 heavy (non-hydrogen) atoms. The van der Waals surface area contributed by atoms with Gasteiger partial charge in [0.25, 0.3) is 5.56 Å². The monoisotopic (exact) mass is 402 g/mol. The lowest BCUT2D eigenvalue weighted by atomic mass is 10.1. The standard InChI is InChI=1S/C20H19ClN2O3S/c1-25-16-7-3-14(4-8-16)18-13-19(24)23-20(22-18)27-12-2-11-26-17-9-5-15(21)6-10-17/h3-10,13H,2,11-12H2,1H3,(H,22,23,24). The fraction of sp³-hybridized carbons (Fsp3) is 0.200. The number of benzene rings is 2. The van der Waals surface area contributed by atoms with Crippen LogP contribution in [0.3, 0.4) is 0 Å². The number of halogens is 1. The van der Waals surface area contributed by atoms with Crippen molar-refractivity contribution in [3.05, 3.63) is 70.0 Å². The number of aromatic nitrogens is 2. The van der Waals surface area contributed by atoms with E-state index in [0.29, 0.717) is 22.5 Å². The van der Waals surface area contributed by atoms with Crippen LogP contribution in [0.1, 0.15) is 6.42 Å². The third-order valence-corrected chi connectivity index (χ3v) is 4.93. The van der Waals surface area contributed by atoms with Crippen molar-refractivity contribution >= 4 is 23.4 Å². The third kappa shape index (κ3) is 5.77. The quantitative estimate of drug-likeness (QED) is 0.337. The van der Waals surface area contributed by atoms with Crippen LogP contribution in [-0.4, -0.2) is 29.4 Å². The SMILES string of the molecule is COc1ccc(-c2cc(=O)[nH]c(SCCCOc3ccc(Cl)cc3)n2)cc1. The van der Waals surface area contributed by atoms with Crippen molar-refractivity contribution in [2.45, 2.75) is 11.6 Å². The number of nitrogens with zero attached hydrogens (tertiary/aromatic N) is 1. The van der Waals surface area contributed by atoms with Crippen LogP contribution >= 0.6 is 23.4 Å². The van der Waals surface area contributed by atoms with Gasteiger partial charge in [0.15, 0.2) is 5.16 Å². The molecule has 0 radical (unpaired) electrons. The zero-order chi connectivity index (χ0) is 19.1. The van der Waals surface area contributed by atoms with Crippen LogP contribution in [0.2, 0.25) is 5.02 Å². The molecule has 1 aromatic heterocycles. The number of hydrogen-bond acceptors (Lipinski definition) is 5. The molecule has 0 amide bonds. The average Bonchev–Trinajstić information content (AvgIpc) is 2.69. The van der Waals surface area contributed by atoms with Crippen molar-refractivity contribution in [2.24, 2.45) is 0 Å². The molecular formula is C20H19ClN2O3S. The second-order valence-electron chi connectivity index (χ2n) is 5.67. The summed E-state index contributed by atoms with van der Waals surface area (Å²) < 4.78 is 10.8. The Bertz CT molecular complexity index is 927. The number of thioether (sulfide) groups is 1. The maximum absolute atomic E-state index is 11.9. The predicted octanol–water partition coefficient (Wildman–Crippen LogP) is 4.66. The van der Waals surface area contributed by atoms with Gasteiger partial charge in [-0.1, -0.05) is 23.4 Å². The van der Waals surface area contributed by atoms with E-state index in [1.165, 1.54) is 17.8 Å². The van der Waals surface area contributed by atoms with Crippen molar-refractivity contribution in [3.63, 3.8) is 0 Å². The summed E-state index contributed by atoms with van der Waals surface area (Å²) in [6.45, 7) is 0.580. The first kappa shape index (κ1) is 19.3. The molecule has 0 aliphatic rings. The van der Waals surface area contributed by atoms with E-state index in [1.807, 2.05) is 36.4 Å². The van der Waals surface area contributed by atoms with E-state index in [-0.39, 0.29) is 5.56 Å². The minimum Gasteiger partial charge on any atom is -0.497 e. The van der Waals surface area contributed by atoms with Gasteiger partial charge in [0.05, 0.1) is 19.4 Å². The Balaban J connectivity index is 1.54. The highest BCUT2D eigenvalue weighted by molar-refractivity contribution is 7.99. The number of ether oxygens (including phenoxy) is 2. The molecule has 3 aromatic rings. The molecular weight excluding hydrogens is 384 g/mol. The third-order valence-electron chi connectivity index (χ3n) is 3.72. The molecule has 5 nitrogen and oxygen atoms in total. The van der Waals surface area contributed by atoms with Crippen molar-refractivity contribution in [1.82, 2.24) is 9.97 Å². The Hall–Kier alpha value is -2.44. The summed E-state index contributed by atoms with van der Waals surface area (Å²) in [6, 6.07) is 16.2. The molecule has 1 N–H and O–H groups in total. The highest BCUT2D eigenvalue weighted by atomic mass is 35.5. The van der Waals surface area contributed by atoms with E-state index in [2.05, 4.69) is 9.97 Å². The van der Waals surface area contributed by atoms with E-state index in [1.54, 1.807) is 19.2 Å². The average molecular weight is 403 g/mol. The zero-order valence-corrected chi connectivity index (χ0v) is 16.3. The maximum Gasteiger partial charge on any atom is 0.252 e. The van der Waals surface area contributed by atoms with Gasteiger partial charge in [-0.25, -0.2) is 4.98 Å². The number of methoxy groups -OCH3 is 1. The first-order valence-electron chi connectivity index (χ1n) is 8.41. The molecule has 0 atom stereocenters. The first-order valence-corrected chi connectivity index (χ1v) is 9.77. The topological polar surface area (TPSA) is 64.2 Å². The van der Waals surface area contributed by atoms with Crippen molar-refractivity contribution in [1.29, 1.82) is 0 Å². The Morgan fingerprint density at radius 3 is 2.48 bits per heavy atom. The van der Waals surface area contributed by atoms with Crippen molar-refractivity contribution in [3.8, 4) is 22.8 Å². The van der Waals surface area contributed by atoms with Crippen LogP contribution in [0.4, 0.5) is 0 Å². The second-order valence-corrected chi connectivity index (χ2v) is 7.19. The van der Waals surface area contributed by atoms with Gasteiger partial charge in [0.1, 0.15) is 11.5 Å². The van der Waals surface area contributed by atoms with E-state index in [0.717, 1.165) is 29.2 Å². The molecule has 0 bridgehead atoms. The Kier molecular flexibility index (Phi) is 6.79. The summed E-state index contributed by atoms with van der Waals surface area (Å²) in [5.41, 5.74) is 1.34. The molecule has 0 unspecified atom stereocenters. The lowest BCUT2D eigenvalue weighted by Crippen LogP contribution is -2.08. The van der Waals surface area contributed by atoms with E-state index < -0.39 is 0 Å². The second kappa shape index (κ2) is 9.48. The van der Waals surface area contributed by atoms with Crippen LogP contribution in [0.15, 0.2) is 64.5 Å². The number of aromatic amines is 1. The largest absolute Gasteiger partial charge is 0.497 e. The van der Waals surface area contributed by atoms with E-state index >= 15 is 0 Å². The van der Waals surface area contributed by atoms with Crippen LogP contribution in [0, 0.1) is 0 Å². The smallest absolute Gasteiger partial charge is 0.252 e. The first-order chi connectivity index (χ1) is 13.1. The summed E-state index contributed by atoms with van der Waals surface area (Å²) in [4.78, 5) is 19.2. The predicted molar refractivity (Wildman–Crippen MR) is 109 cm³/mol. The molecule has 1 heterocycles. The van der Waals surface area contributed by atoms with Gasteiger partial charge in [-0.05, 0) is 55.0 Å². The molecule has 140 valence electrons. The fourth-order valence-corrected chi connectivity index (χ4v) is 3.28. The highest BCUT2D eigenvalue weighted by Crippen LogP contribution is 2.22. The minimum atomic E-state index is -0.171. The van der Waals surface area contributed by atoms with Gasteiger partial charge in [0, 0.05) is 22.4 Å². The van der Waals surface area contributed by atoms with Gasteiger partial charge in [-0.15, -0.1) is 0 Å². The minimum absolute atomic E-state index is 0.171. The summed E-state index contributed by atoms with van der Waals surface area (Å²) >= 11 is 7.34. The van der Waals surface area contributed by atoms with Gasteiger partial charge >= 0.3 is 0 Å². The summed E-state index contributed by atoms with van der Waals surface area (Å²) in [6.07, 6.45) is 0.823. The normalized spacial score (nSPS) is 10.6. The van der Waals surface area contributed by atoms with Gasteiger partial charge in [-0.3, -0.25) is 4.79 Å². The van der Waals surface area contributed by atoms with E-state index in [4.69, 9.17) is 21.1 Å². The number of rotatable bonds is 8. The van der Waals surface area contributed by atoms with Crippen LogP contribution in [-0.2, 0) is 0 Å². The van der Waals surface area contributed by atoms with Crippen LogP contribution < -0.4 is 15.0 Å². The number of H-pyrrole nitrogens is 1. The Morgan fingerprint density at radius 1 is 1.07 bits per heavy atom. The molecule has 0 saturated carbocycles. The molecule has 0 aliphatic carbocycles. The van der Waals surface area contributed by atoms with Crippen molar-refractivity contribution < 1.29 is 9.47 Å². The van der Waals surface area contributed by atoms with Gasteiger partial charge < -0.3 is 14.5 Å². The number of nitrogens with one attached hydrogen (secondary N) is 1. The molecule has 2 aromatic carbocycles. The molecule has 3 rings (SSSR count). The highest BCUT2D eigenvalue weighted by Gasteiger charge is 2.05. The lowest BCUT2D eigenvalue weighted by Gasteiger charge is -2.07. The van der Waals surface area contributed by atoms with Gasteiger partial charge in [0.2, 0.25) is 0 Å². The molecule has 7 heteroatoms. The molecule has 0 fully saturated rings. The lowest BCUT2D eigenvalue weighted by molar-refractivity contribution is 0.318. The number of hydrogen-bond donors (Lipinski definition) is 1. The maximum atomic E-state index is 11.9. The molecule has 0 saturated heterocycles. The molecule has 0 aliphatic heterocycles. The van der Waals surface area contributed by atoms with Crippen LogP contribution in [0.25, 0.3) is 11.3 Å². The van der Waals surface area contributed by atoms with E-state index in [9.17, 15) is 4.79 Å². The van der Waals surface area contributed by atoms with Crippen molar-refractivity contribution in [2.75, 3.05) is 19.5 Å². The fourth-order valence-electron chi connectivity index (χ4n) is 2.36. The zero-order valence-electron chi connectivity index (χ0n) is 14.8. The Morgan fingerprint density at radius 2 is 1.78 bits per heavy atom. The van der Waals surface area contributed by atoms with Gasteiger partial charge in [-0.2, -0.15) is 0 Å². The summed E-state index contributed by atoms with van der Waals surface area (Å²) in [7, 11) is 1.62.